The van der Waals surface area contributed by atoms with E-state index in [0.717, 1.165) is 5.56 Å². The second-order valence-corrected chi connectivity index (χ2v) is 4.92. The summed E-state index contributed by atoms with van der Waals surface area (Å²) in [5.41, 5.74) is 1.89. The van der Waals surface area contributed by atoms with Gasteiger partial charge >= 0.3 is 0 Å². The van der Waals surface area contributed by atoms with Crippen molar-refractivity contribution in [2.75, 3.05) is 6.54 Å². The summed E-state index contributed by atoms with van der Waals surface area (Å²) >= 11 is 0. The molecule has 4 nitrogen and oxygen atoms in total. The normalized spacial score (nSPS) is 11.4. The van der Waals surface area contributed by atoms with E-state index in [1.165, 1.54) is 6.92 Å². The van der Waals surface area contributed by atoms with E-state index in [4.69, 9.17) is 0 Å². The predicted octanol–water partition coefficient (Wildman–Crippen LogP) is 2.88. The molecule has 0 aliphatic heterocycles. The fraction of sp³-hybridized carbons (Fsp3) is 0.105. The highest BCUT2D eigenvalue weighted by Crippen LogP contribution is 2.07. The molecular formula is C19H18N2O2. The molecule has 0 unspecified atom stereocenters. The van der Waals surface area contributed by atoms with Crippen LogP contribution in [0.3, 0.4) is 0 Å². The monoisotopic (exact) mass is 306 g/mol. The number of nitrogens with one attached hydrogen (secondary N) is 1. The Morgan fingerprint density at radius 2 is 1.83 bits per heavy atom. The van der Waals surface area contributed by atoms with Gasteiger partial charge in [-0.25, -0.2) is 0 Å². The third-order valence-electron chi connectivity index (χ3n) is 3.11. The Kier molecular flexibility index (Phi) is 6.00. The molecule has 0 atom stereocenters. The fourth-order valence-electron chi connectivity index (χ4n) is 1.96. The van der Waals surface area contributed by atoms with Gasteiger partial charge in [-0.2, -0.15) is 0 Å². The van der Waals surface area contributed by atoms with Gasteiger partial charge < -0.3 is 5.32 Å². The molecule has 0 saturated heterocycles. The molecular weight excluding hydrogens is 288 g/mol. The standard InChI is InChI=1S/C19H18N2O2/c1-15(22)18(13-17-10-5-11-20-14-17)19(23)21-12-6-9-16-7-3-2-4-8-16/h2-11,13-14H,12H2,1H3,(H,21,23). The van der Waals surface area contributed by atoms with Crippen molar-refractivity contribution in [3.8, 4) is 0 Å². The molecule has 2 aromatic rings. The van der Waals surface area contributed by atoms with Crippen LogP contribution >= 0.6 is 0 Å². The van der Waals surface area contributed by atoms with E-state index in [9.17, 15) is 9.59 Å². The van der Waals surface area contributed by atoms with Gasteiger partial charge in [-0.3, -0.25) is 14.6 Å². The maximum Gasteiger partial charge on any atom is 0.255 e. The second-order valence-electron chi connectivity index (χ2n) is 4.92. The summed E-state index contributed by atoms with van der Waals surface area (Å²) in [6, 6.07) is 13.3. The number of benzene rings is 1. The largest absolute Gasteiger partial charge is 0.348 e. The number of hydrogen-bond donors (Lipinski definition) is 1. The van der Waals surface area contributed by atoms with Gasteiger partial charge in [0.25, 0.3) is 5.91 Å². The summed E-state index contributed by atoms with van der Waals surface area (Å²) in [6.45, 7) is 1.73. The van der Waals surface area contributed by atoms with Crippen LogP contribution < -0.4 is 5.32 Å². The van der Waals surface area contributed by atoms with Crippen LogP contribution in [-0.2, 0) is 9.59 Å². The SMILES string of the molecule is CC(=O)C(=Cc1cccnc1)C(=O)NCC=Cc1ccccc1. The molecule has 0 radical (unpaired) electrons. The van der Waals surface area contributed by atoms with E-state index >= 15 is 0 Å². The highest BCUT2D eigenvalue weighted by Gasteiger charge is 2.13. The molecule has 1 N–H and O–H groups in total. The van der Waals surface area contributed by atoms with Crippen LogP contribution in [-0.4, -0.2) is 23.2 Å². The fourth-order valence-corrected chi connectivity index (χ4v) is 1.96. The first-order valence-corrected chi connectivity index (χ1v) is 7.29. The van der Waals surface area contributed by atoms with Crippen LogP contribution in [0.15, 0.2) is 66.5 Å². The minimum atomic E-state index is -0.390. The van der Waals surface area contributed by atoms with Crippen LogP contribution in [0, 0.1) is 0 Å². The average Bonchev–Trinajstić information content (AvgIpc) is 2.58. The number of aromatic nitrogens is 1. The molecule has 0 saturated carbocycles. The Morgan fingerprint density at radius 3 is 2.48 bits per heavy atom. The number of nitrogens with zero attached hydrogens (tertiary/aromatic N) is 1. The van der Waals surface area contributed by atoms with Crippen molar-refractivity contribution in [3.05, 3.63) is 77.6 Å². The quantitative estimate of drug-likeness (QED) is 0.507. The molecule has 23 heavy (non-hydrogen) atoms. The number of hydrogen-bond acceptors (Lipinski definition) is 3. The van der Waals surface area contributed by atoms with E-state index in [0.29, 0.717) is 12.1 Å². The predicted molar refractivity (Wildman–Crippen MR) is 91.4 cm³/mol. The van der Waals surface area contributed by atoms with Crippen molar-refractivity contribution in [1.82, 2.24) is 10.3 Å². The van der Waals surface area contributed by atoms with Gasteiger partial charge in [-0.15, -0.1) is 0 Å². The Bertz CT molecular complexity index is 720. The minimum absolute atomic E-state index is 0.117. The zero-order valence-corrected chi connectivity index (χ0v) is 12.9. The summed E-state index contributed by atoms with van der Waals surface area (Å²) in [7, 11) is 0. The lowest BCUT2D eigenvalue weighted by Crippen LogP contribution is -2.27. The number of ketones is 1. The first kappa shape index (κ1) is 16.4. The topological polar surface area (TPSA) is 59.1 Å². The van der Waals surface area contributed by atoms with Gasteiger partial charge in [-0.05, 0) is 30.2 Å². The molecule has 1 aromatic heterocycles. The van der Waals surface area contributed by atoms with Gasteiger partial charge in [0.05, 0.1) is 5.57 Å². The van der Waals surface area contributed by atoms with Crippen LogP contribution in [0.25, 0.3) is 12.2 Å². The number of carbonyl (C=O) groups excluding carboxylic acids is 2. The Balaban J connectivity index is 1.98. The number of rotatable bonds is 6. The van der Waals surface area contributed by atoms with Crippen molar-refractivity contribution in [2.45, 2.75) is 6.92 Å². The molecule has 2 rings (SSSR count). The average molecular weight is 306 g/mol. The van der Waals surface area contributed by atoms with Gasteiger partial charge in [0, 0.05) is 18.9 Å². The number of carbonyl (C=O) groups is 2. The highest BCUT2D eigenvalue weighted by atomic mass is 16.2. The van der Waals surface area contributed by atoms with Crippen molar-refractivity contribution >= 4 is 23.8 Å². The third-order valence-corrected chi connectivity index (χ3v) is 3.11. The molecule has 0 bridgehead atoms. The Labute approximate surface area is 135 Å². The molecule has 0 fully saturated rings. The lowest BCUT2D eigenvalue weighted by Gasteiger charge is -2.04. The number of amides is 1. The summed E-state index contributed by atoms with van der Waals surface area (Å²) in [5, 5.41) is 2.72. The molecule has 4 heteroatoms. The summed E-state index contributed by atoms with van der Waals surface area (Å²) in [4.78, 5) is 27.8. The van der Waals surface area contributed by atoms with Crippen molar-refractivity contribution < 1.29 is 9.59 Å². The number of pyridine rings is 1. The maximum absolute atomic E-state index is 12.1. The highest BCUT2D eigenvalue weighted by molar-refractivity contribution is 6.21. The zero-order chi connectivity index (χ0) is 16.5. The minimum Gasteiger partial charge on any atom is -0.348 e. The molecule has 0 spiro atoms. The summed E-state index contributed by atoms with van der Waals surface area (Å²) in [5.74, 6) is -0.669. The van der Waals surface area contributed by atoms with Crippen LogP contribution in [0.4, 0.5) is 0 Å². The lowest BCUT2D eigenvalue weighted by molar-refractivity contribution is -0.121. The van der Waals surface area contributed by atoms with E-state index in [1.54, 1.807) is 30.6 Å². The molecule has 0 aliphatic rings. The van der Waals surface area contributed by atoms with E-state index in [-0.39, 0.29) is 17.3 Å². The van der Waals surface area contributed by atoms with Crippen LogP contribution in [0.1, 0.15) is 18.1 Å². The Morgan fingerprint density at radius 1 is 1.09 bits per heavy atom. The van der Waals surface area contributed by atoms with Crippen molar-refractivity contribution in [2.24, 2.45) is 0 Å². The summed E-state index contributed by atoms with van der Waals surface area (Å²) < 4.78 is 0. The summed E-state index contributed by atoms with van der Waals surface area (Å²) in [6.07, 6.45) is 8.55. The third kappa shape index (κ3) is 5.36. The molecule has 1 amide bonds. The van der Waals surface area contributed by atoms with E-state index in [2.05, 4.69) is 10.3 Å². The lowest BCUT2D eigenvalue weighted by atomic mass is 10.1. The molecule has 1 heterocycles. The van der Waals surface area contributed by atoms with Crippen molar-refractivity contribution in [1.29, 1.82) is 0 Å². The van der Waals surface area contributed by atoms with E-state index in [1.807, 2.05) is 42.5 Å². The molecule has 1 aromatic carbocycles. The van der Waals surface area contributed by atoms with Crippen LogP contribution in [0.5, 0.6) is 0 Å². The smallest absolute Gasteiger partial charge is 0.255 e. The first-order valence-electron chi connectivity index (χ1n) is 7.29. The number of Topliss-reactive ketones (excluding diaryl/α,β-unsaturated/α-hetero) is 1. The zero-order valence-electron chi connectivity index (χ0n) is 12.9. The van der Waals surface area contributed by atoms with Gasteiger partial charge in [0.2, 0.25) is 0 Å². The molecule has 116 valence electrons. The second kappa shape index (κ2) is 8.44. The maximum atomic E-state index is 12.1. The van der Waals surface area contributed by atoms with Gasteiger partial charge in [-0.1, -0.05) is 48.6 Å². The Hall–Kier alpha value is -3.01. The van der Waals surface area contributed by atoms with Crippen molar-refractivity contribution in [3.63, 3.8) is 0 Å². The molecule has 0 aliphatic carbocycles. The van der Waals surface area contributed by atoms with Gasteiger partial charge in [0.15, 0.2) is 5.78 Å². The first-order chi connectivity index (χ1) is 11.2. The van der Waals surface area contributed by atoms with Crippen LogP contribution in [0.2, 0.25) is 0 Å². The van der Waals surface area contributed by atoms with E-state index < -0.39 is 0 Å². The van der Waals surface area contributed by atoms with Gasteiger partial charge in [0.1, 0.15) is 0 Å².